The quantitative estimate of drug-likeness (QED) is 0.0982. The fourth-order valence-corrected chi connectivity index (χ4v) is 7.90. The minimum atomic E-state index is -0.657. The zero-order valence-corrected chi connectivity index (χ0v) is 34.8. The van der Waals surface area contributed by atoms with E-state index in [9.17, 15) is 19.2 Å². The number of fused-ring (bicyclic) bond motifs is 2. The second kappa shape index (κ2) is 17.9. The van der Waals surface area contributed by atoms with E-state index in [4.69, 9.17) is 18.3 Å². The highest BCUT2D eigenvalue weighted by Gasteiger charge is 2.24. The van der Waals surface area contributed by atoms with Gasteiger partial charge in [0.05, 0.1) is 0 Å². The van der Waals surface area contributed by atoms with Crippen molar-refractivity contribution < 1.29 is 27.9 Å². The summed E-state index contributed by atoms with van der Waals surface area (Å²) >= 11 is 0. The SMILES string of the molecule is Cc1ccc(NC(=O)Nc2cc3ccc(OC4CCN(Cc5cccc(NC(=O)Nc6cc7ccc(OC8CCN(C)CC8)c(C)c7oc6=O)c5)CC4)c(C)c3oc2=O)cc1. The van der Waals surface area contributed by atoms with Crippen LogP contribution < -0.4 is 42.0 Å². The topological polar surface area (TPSA) is 168 Å². The van der Waals surface area contributed by atoms with Gasteiger partial charge in [0.25, 0.3) is 0 Å². The van der Waals surface area contributed by atoms with Crippen LogP contribution in [0.4, 0.5) is 32.3 Å². The van der Waals surface area contributed by atoms with E-state index < -0.39 is 23.3 Å². The third-order valence-corrected chi connectivity index (χ3v) is 11.4. The summed E-state index contributed by atoms with van der Waals surface area (Å²) in [5.74, 6) is 1.34. The highest BCUT2D eigenvalue weighted by molar-refractivity contribution is 6.01. The molecule has 0 unspecified atom stereocenters. The maximum atomic E-state index is 13.1. The number of anilines is 4. The maximum Gasteiger partial charge on any atom is 0.360 e. The predicted octanol–water partition coefficient (Wildman–Crippen LogP) is 8.63. The van der Waals surface area contributed by atoms with Crippen LogP contribution in [-0.2, 0) is 6.54 Å². The largest absolute Gasteiger partial charge is 0.490 e. The summed E-state index contributed by atoms with van der Waals surface area (Å²) in [4.78, 5) is 56.1. The normalized spacial score (nSPS) is 15.4. The molecule has 4 amide bonds. The summed E-state index contributed by atoms with van der Waals surface area (Å²) in [6.07, 6.45) is 3.55. The first-order chi connectivity index (χ1) is 29.4. The number of carbonyl (C=O) groups is 2. The highest BCUT2D eigenvalue weighted by Crippen LogP contribution is 2.32. The molecule has 8 rings (SSSR count). The second-order valence-corrected chi connectivity index (χ2v) is 16.0. The lowest BCUT2D eigenvalue weighted by atomic mass is 10.1. The Balaban J connectivity index is 0.826. The van der Waals surface area contributed by atoms with Crippen LogP contribution in [0.1, 0.15) is 47.9 Å². The molecule has 0 aliphatic carbocycles. The van der Waals surface area contributed by atoms with E-state index in [0.717, 1.165) is 68.6 Å². The lowest BCUT2D eigenvalue weighted by molar-refractivity contribution is 0.0963. The summed E-state index contributed by atoms with van der Waals surface area (Å²) in [5.41, 5.74) is 4.38. The molecule has 4 aromatic carbocycles. The van der Waals surface area contributed by atoms with Gasteiger partial charge in [0.1, 0.15) is 46.2 Å². The third kappa shape index (κ3) is 9.88. The van der Waals surface area contributed by atoms with Crippen molar-refractivity contribution in [3.05, 3.63) is 128 Å². The Morgan fingerprint density at radius 2 is 1.13 bits per heavy atom. The Kier molecular flexibility index (Phi) is 12.1. The van der Waals surface area contributed by atoms with Crippen LogP contribution >= 0.6 is 0 Å². The molecule has 0 spiro atoms. The molecule has 2 saturated heterocycles. The molecule has 0 radical (unpaired) electrons. The molecular weight excluding hydrogens is 777 g/mol. The number of benzene rings is 4. The second-order valence-electron chi connectivity index (χ2n) is 16.0. The summed E-state index contributed by atoms with van der Waals surface area (Å²) in [6.45, 7) is 9.92. The lowest BCUT2D eigenvalue weighted by Crippen LogP contribution is -2.37. The first-order valence-corrected chi connectivity index (χ1v) is 20.6. The summed E-state index contributed by atoms with van der Waals surface area (Å²) in [5, 5.41) is 12.2. The number of hydrogen-bond acceptors (Lipinski definition) is 10. The molecule has 4 heterocycles. The van der Waals surface area contributed by atoms with E-state index in [1.165, 1.54) is 0 Å². The van der Waals surface area contributed by atoms with E-state index >= 15 is 0 Å². The van der Waals surface area contributed by atoms with Crippen LogP contribution in [0.25, 0.3) is 21.9 Å². The van der Waals surface area contributed by atoms with Gasteiger partial charge in [-0.2, -0.15) is 0 Å². The number of nitrogens with zero attached hydrogens (tertiary/aromatic N) is 2. The van der Waals surface area contributed by atoms with Crippen LogP contribution in [0, 0.1) is 20.8 Å². The molecule has 2 fully saturated rings. The highest BCUT2D eigenvalue weighted by atomic mass is 16.5. The van der Waals surface area contributed by atoms with E-state index in [-0.39, 0.29) is 23.6 Å². The summed E-state index contributed by atoms with van der Waals surface area (Å²) in [7, 11) is 2.10. The molecule has 2 aliphatic rings. The molecule has 2 aliphatic heterocycles. The standard InChI is InChI=1S/C47H50N6O8/c1-28-8-12-34(13-9-28)48-46(56)50-38-25-32-11-15-41(30(3)43(32)60-44(38)54)59-37-18-22-53(23-19-37)27-31-6-5-7-35(24-31)49-47(57)51-39-26-33-10-14-40(29(2)42(33)61-45(39)55)58-36-16-20-52(4)21-17-36/h5-15,24-26,36-37H,16-23,27H2,1-4H3,(H2,48,50,56)(H2,49,51,57). The van der Waals surface area contributed by atoms with Crippen LogP contribution in [0.2, 0.25) is 0 Å². The van der Waals surface area contributed by atoms with Gasteiger partial charge in [-0.25, -0.2) is 19.2 Å². The first-order valence-electron chi connectivity index (χ1n) is 20.6. The average Bonchev–Trinajstić information content (AvgIpc) is 3.24. The minimum Gasteiger partial charge on any atom is -0.490 e. The maximum absolute atomic E-state index is 13.1. The number of amides is 4. The van der Waals surface area contributed by atoms with Crippen LogP contribution in [0.15, 0.2) is 103 Å². The van der Waals surface area contributed by atoms with Crippen LogP contribution in [0.3, 0.4) is 0 Å². The van der Waals surface area contributed by atoms with E-state index in [1.807, 2.05) is 75.4 Å². The Labute approximate surface area is 352 Å². The fourth-order valence-electron chi connectivity index (χ4n) is 7.90. The van der Waals surface area contributed by atoms with Gasteiger partial charge in [-0.05, 0) is 120 Å². The van der Waals surface area contributed by atoms with E-state index in [0.29, 0.717) is 56.9 Å². The average molecular weight is 827 g/mol. The van der Waals surface area contributed by atoms with E-state index in [1.54, 1.807) is 30.3 Å². The fraction of sp³-hybridized carbons (Fsp3) is 0.319. The molecule has 0 bridgehead atoms. The Hall–Kier alpha value is -6.64. The summed E-state index contributed by atoms with van der Waals surface area (Å²) < 4.78 is 24.1. The number of nitrogens with one attached hydrogen (secondary N) is 4. The van der Waals surface area contributed by atoms with Gasteiger partial charge < -0.3 is 44.5 Å². The van der Waals surface area contributed by atoms with Crippen molar-refractivity contribution in [2.45, 2.75) is 65.2 Å². The van der Waals surface area contributed by atoms with Gasteiger partial charge in [0.2, 0.25) is 0 Å². The molecule has 14 heteroatoms. The Morgan fingerprint density at radius 1 is 0.623 bits per heavy atom. The van der Waals surface area contributed by atoms with Crippen LogP contribution in [-0.4, -0.2) is 67.3 Å². The van der Waals surface area contributed by atoms with Crippen molar-refractivity contribution in [1.82, 2.24) is 9.80 Å². The number of rotatable bonds is 10. The summed E-state index contributed by atoms with van der Waals surface area (Å²) in [6, 6.07) is 24.5. The predicted molar refractivity (Wildman–Crippen MR) is 237 cm³/mol. The lowest BCUT2D eigenvalue weighted by Gasteiger charge is -2.32. The molecule has 0 atom stereocenters. The van der Waals surface area contributed by atoms with Gasteiger partial charge in [-0.15, -0.1) is 0 Å². The number of carbonyl (C=O) groups excluding carboxylic acids is 2. The number of aryl methyl sites for hydroxylation is 3. The Morgan fingerprint density at radius 3 is 1.67 bits per heavy atom. The van der Waals surface area contributed by atoms with Gasteiger partial charge in [0, 0.05) is 66.0 Å². The zero-order valence-electron chi connectivity index (χ0n) is 34.8. The molecule has 2 aromatic heterocycles. The molecule has 316 valence electrons. The molecular formula is C47H50N6O8. The zero-order chi connectivity index (χ0) is 42.6. The Bertz CT molecular complexity index is 2700. The van der Waals surface area contributed by atoms with Gasteiger partial charge in [0.15, 0.2) is 0 Å². The number of likely N-dealkylation sites (tertiary alicyclic amines) is 2. The molecule has 0 saturated carbocycles. The minimum absolute atomic E-state index is 0.0293. The van der Waals surface area contributed by atoms with Crippen molar-refractivity contribution in [2.24, 2.45) is 0 Å². The number of piperidine rings is 2. The van der Waals surface area contributed by atoms with Crippen molar-refractivity contribution in [2.75, 3.05) is 54.5 Å². The molecule has 14 nitrogen and oxygen atoms in total. The number of urea groups is 2. The van der Waals surface area contributed by atoms with Gasteiger partial charge >= 0.3 is 23.3 Å². The smallest absolute Gasteiger partial charge is 0.360 e. The van der Waals surface area contributed by atoms with Crippen molar-refractivity contribution in [3.63, 3.8) is 0 Å². The monoisotopic (exact) mass is 826 g/mol. The molecule has 4 N–H and O–H groups in total. The van der Waals surface area contributed by atoms with Crippen LogP contribution in [0.5, 0.6) is 11.5 Å². The van der Waals surface area contributed by atoms with Crippen molar-refractivity contribution in [1.29, 1.82) is 0 Å². The van der Waals surface area contributed by atoms with Gasteiger partial charge in [-0.1, -0.05) is 29.8 Å². The first kappa shape index (κ1) is 41.1. The molecule has 61 heavy (non-hydrogen) atoms. The van der Waals surface area contributed by atoms with Crippen molar-refractivity contribution >= 4 is 56.8 Å². The van der Waals surface area contributed by atoms with Crippen molar-refractivity contribution in [3.8, 4) is 11.5 Å². The molecule has 6 aromatic rings. The number of ether oxygens (including phenoxy) is 2. The van der Waals surface area contributed by atoms with E-state index in [2.05, 4.69) is 38.1 Å². The third-order valence-electron chi connectivity index (χ3n) is 11.4. The number of hydrogen-bond donors (Lipinski definition) is 4. The van der Waals surface area contributed by atoms with Gasteiger partial charge in [-0.3, -0.25) is 4.90 Å².